The van der Waals surface area contributed by atoms with E-state index in [2.05, 4.69) is 5.32 Å². The summed E-state index contributed by atoms with van der Waals surface area (Å²) in [5.74, 6) is -1.41. The lowest BCUT2D eigenvalue weighted by atomic mass is 10.0. The number of nitrogens with zero attached hydrogens (tertiary/aromatic N) is 1. The Bertz CT molecular complexity index is 1000. The molecule has 8 heteroatoms. The fraction of sp³-hybridized carbons (Fsp3) is 0.263. The van der Waals surface area contributed by atoms with Gasteiger partial charge >= 0.3 is 5.97 Å². The lowest BCUT2D eigenvalue weighted by Crippen LogP contribution is -2.34. The highest BCUT2D eigenvalue weighted by molar-refractivity contribution is 7.92. The van der Waals surface area contributed by atoms with Crippen LogP contribution >= 0.6 is 0 Å². The van der Waals surface area contributed by atoms with Crippen LogP contribution in [0.5, 0.6) is 0 Å². The average molecular weight is 388 g/mol. The number of fused-ring (bicyclic) bond motifs is 1. The molecular formula is C19H20N2O5S. The minimum absolute atomic E-state index is 0.0605. The lowest BCUT2D eigenvalue weighted by molar-refractivity contribution is -0.115. The Morgan fingerprint density at radius 2 is 1.93 bits per heavy atom. The second-order valence-electron chi connectivity index (χ2n) is 6.47. The first-order valence-corrected chi connectivity index (χ1v) is 10.3. The number of amides is 1. The van der Waals surface area contributed by atoms with Crippen LogP contribution in [0.3, 0.4) is 0 Å². The summed E-state index contributed by atoms with van der Waals surface area (Å²) in [6.45, 7) is 0.448. The molecule has 0 saturated carbocycles. The van der Waals surface area contributed by atoms with Crippen molar-refractivity contribution in [3.05, 3.63) is 59.2 Å². The first-order valence-electron chi connectivity index (χ1n) is 8.47. The van der Waals surface area contributed by atoms with E-state index in [0.29, 0.717) is 29.9 Å². The molecule has 2 aromatic rings. The summed E-state index contributed by atoms with van der Waals surface area (Å²) in [5, 5.41) is 12.0. The molecule has 0 unspecified atom stereocenters. The van der Waals surface area contributed by atoms with Gasteiger partial charge in [0.1, 0.15) is 0 Å². The maximum atomic E-state index is 12.3. The van der Waals surface area contributed by atoms with Gasteiger partial charge < -0.3 is 10.4 Å². The third-order valence-electron chi connectivity index (χ3n) is 4.44. The van der Waals surface area contributed by atoms with Crippen molar-refractivity contribution in [1.82, 2.24) is 0 Å². The van der Waals surface area contributed by atoms with Gasteiger partial charge in [-0.15, -0.1) is 0 Å². The van der Waals surface area contributed by atoms with E-state index in [1.54, 1.807) is 36.4 Å². The van der Waals surface area contributed by atoms with Crippen molar-refractivity contribution in [2.75, 3.05) is 22.4 Å². The summed E-state index contributed by atoms with van der Waals surface area (Å²) in [6.07, 6.45) is 2.56. The number of benzene rings is 2. The maximum absolute atomic E-state index is 12.3. The van der Waals surface area contributed by atoms with Gasteiger partial charge in [0, 0.05) is 12.2 Å². The number of anilines is 2. The number of carbonyl (C=O) groups excluding carboxylic acids is 1. The van der Waals surface area contributed by atoms with Gasteiger partial charge in [0.15, 0.2) is 0 Å². The van der Waals surface area contributed by atoms with Crippen LogP contribution in [0.25, 0.3) is 0 Å². The quantitative estimate of drug-likeness (QED) is 0.818. The smallest absolute Gasteiger partial charge is 0.335 e. The largest absolute Gasteiger partial charge is 0.478 e. The fourth-order valence-corrected chi connectivity index (χ4v) is 4.24. The van der Waals surface area contributed by atoms with Gasteiger partial charge in [-0.2, -0.15) is 0 Å². The third-order valence-corrected chi connectivity index (χ3v) is 5.62. The van der Waals surface area contributed by atoms with Crippen LogP contribution < -0.4 is 9.62 Å². The Morgan fingerprint density at radius 1 is 1.19 bits per heavy atom. The minimum atomic E-state index is -3.34. The van der Waals surface area contributed by atoms with Gasteiger partial charge in [-0.3, -0.25) is 9.10 Å². The molecule has 27 heavy (non-hydrogen) atoms. The Labute approximate surface area is 157 Å². The molecule has 0 spiro atoms. The van der Waals surface area contributed by atoms with Crippen molar-refractivity contribution < 1.29 is 23.1 Å². The van der Waals surface area contributed by atoms with Gasteiger partial charge in [0.05, 0.1) is 23.9 Å². The van der Waals surface area contributed by atoms with Gasteiger partial charge in [0.2, 0.25) is 15.9 Å². The Kier molecular flexibility index (Phi) is 5.18. The van der Waals surface area contributed by atoms with Crippen LogP contribution in [0.2, 0.25) is 0 Å². The number of hydrogen-bond donors (Lipinski definition) is 2. The number of rotatable bonds is 5. The molecule has 1 amide bonds. The zero-order valence-corrected chi connectivity index (χ0v) is 15.6. The Hall–Kier alpha value is -2.87. The average Bonchev–Trinajstić information content (AvgIpc) is 2.60. The molecule has 1 aliphatic heterocycles. The van der Waals surface area contributed by atoms with E-state index in [1.165, 1.54) is 16.6 Å². The number of carbonyl (C=O) groups is 2. The predicted octanol–water partition coefficient (Wildman–Crippen LogP) is 2.28. The molecule has 3 rings (SSSR count). The monoisotopic (exact) mass is 388 g/mol. The second kappa shape index (κ2) is 7.40. The molecule has 0 saturated heterocycles. The molecule has 0 aromatic heterocycles. The van der Waals surface area contributed by atoms with E-state index in [0.717, 1.165) is 12.0 Å². The highest BCUT2D eigenvalue weighted by Gasteiger charge is 2.24. The molecule has 2 N–H and O–H groups in total. The topological polar surface area (TPSA) is 104 Å². The SMILES string of the molecule is CS(=O)(=O)N1CCCc2cc(NC(=O)Cc3ccccc3C(=O)O)ccc21. The molecule has 0 radical (unpaired) electrons. The second-order valence-corrected chi connectivity index (χ2v) is 8.38. The number of sulfonamides is 1. The van der Waals surface area contributed by atoms with E-state index >= 15 is 0 Å². The van der Waals surface area contributed by atoms with E-state index in [-0.39, 0.29) is 17.9 Å². The molecule has 7 nitrogen and oxygen atoms in total. The molecule has 0 fully saturated rings. The van der Waals surface area contributed by atoms with E-state index in [1.807, 2.05) is 0 Å². The van der Waals surface area contributed by atoms with E-state index < -0.39 is 16.0 Å². The lowest BCUT2D eigenvalue weighted by Gasteiger charge is -2.29. The summed E-state index contributed by atoms with van der Waals surface area (Å²) < 4.78 is 25.2. The van der Waals surface area contributed by atoms with E-state index in [9.17, 15) is 23.1 Å². The number of hydrogen-bond acceptors (Lipinski definition) is 4. The summed E-state index contributed by atoms with van der Waals surface area (Å²) in [4.78, 5) is 23.6. The van der Waals surface area contributed by atoms with Crippen molar-refractivity contribution in [2.45, 2.75) is 19.3 Å². The van der Waals surface area contributed by atoms with Crippen molar-refractivity contribution in [1.29, 1.82) is 0 Å². The minimum Gasteiger partial charge on any atom is -0.478 e. The van der Waals surface area contributed by atoms with Crippen molar-refractivity contribution >= 4 is 33.3 Å². The van der Waals surface area contributed by atoms with Crippen LogP contribution in [-0.2, 0) is 27.7 Å². The van der Waals surface area contributed by atoms with Gasteiger partial charge in [-0.05, 0) is 48.2 Å². The first-order chi connectivity index (χ1) is 12.8. The molecule has 0 aliphatic carbocycles. The highest BCUT2D eigenvalue weighted by Crippen LogP contribution is 2.31. The van der Waals surface area contributed by atoms with Crippen LogP contribution in [0, 0.1) is 0 Å². The van der Waals surface area contributed by atoms with Crippen LogP contribution in [-0.4, -0.2) is 38.2 Å². The summed E-state index contributed by atoms with van der Waals surface area (Å²) in [5.41, 5.74) is 2.58. The molecule has 1 heterocycles. The third kappa shape index (κ3) is 4.28. The van der Waals surface area contributed by atoms with Crippen LogP contribution in [0.15, 0.2) is 42.5 Å². The fourth-order valence-electron chi connectivity index (χ4n) is 3.25. The Morgan fingerprint density at radius 3 is 2.63 bits per heavy atom. The number of carboxylic acids is 1. The number of carboxylic acid groups (broad SMARTS) is 1. The van der Waals surface area contributed by atoms with E-state index in [4.69, 9.17) is 0 Å². The molecular weight excluding hydrogens is 368 g/mol. The first kappa shape index (κ1) is 18.9. The highest BCUT2D eigenvalue weighted by atomic mass is 32.2. The number of aromatic carboxylic acids is 1. The van der Waals surface area contributed by atoms with Crippen LogP contribution in [0.1, 0.15) is 27.9 Å². The molecule has 0 bridgehead atoms. The molecule has 142 valence electrons. The number of nitrogens with one attached hydrogen (secondary N) is 1. The zero-order valence-electron chi connectivity index (χ0n) is 14.8. The molecule has 2 aromatic carbocycles. The van der Waals surface area contributed by atoms with Gasteiger partial charge in [-0.1, -0.05) is 18.2 Å². The van der Waals surface area contributed by atoms with Gasteiger partial charge in [0.25, 0.3) is 0 Å². The number of aryl methyl sites for hydroxylation is 1. The standard InChI is InChI=1S/C19H20N2O5S/c1-27(25,26)21-10-4-6-14-11-15(8-9-17(14)21)20-18(22)12-13-5-2-3-7-16(13)19(23)24/h2-3,5,7-9,11H,4,6,10,12H2,1H3,(H,20,22)(H,23,24). The normalized spacial score (nSPS) is 13.7. The van der Waals surface area contributed by atoms with Crippen LogP contribution in [0.4, 0.5) is 11.4 Å². The summed E-state index contributed by atoms with van der Waals surface area (Å²) in [7, 11) is -3.34. The predicted molar refractivity (Wildman–Crippen MR) is 103 cm³/mol. The van der Waals surface area contributed by atoms with Crippen molar-refractivity contribution in [3.8, 4) is 0 Å². The maximum Gasteiger partial charge on any atom is 0.335 e. The van der Waals surface area contributed by atoms with Crippen molar-refractivity contribution in [3.63, 3.8) is 0 Å². The summed E-state index contributed by atoms with van der Waals surface area (Å²) >= 11 is 0. The van der Waals surface area contributed by atoms with Crippen molar-refractivity contribution in [2.24, 2.45) is 0 Å². The van der Waals surface area contributed by atoms with Gasteiger partial charge in [-0.25, -0.2) is 13.2 Å². The molecule has 1 aliphatic rings. The Balaban J connectivity index is 1.77. The summed E-state index contributed by atoms with van der Waals surface area (Å²) in [6, 6.07) is 11.5. The molecule has 0 atom stereocenters. The zero-order chi connectivity index (χ0) is 19.6.